The molecule has 154 valence electrons. The molecule has 3 N–H and O–H groups in total. The number of ether oxygens (including phenoxy) is 2. The molecule has 0 radical (unpaired) electrons. The minimum Gasteiger partial charge on any atom is -0.458 e. The molecule has 3 rings (SSSR count). The first kappa shape index (κ1) is 20.8. The summed E-state index contributed by atoms with van der Waals surface area (Å²) in [5.74, 6) is -0.595. The third-order valence-electron chi connectivity index (χ3n) is 7.25. The van der Waals surface area contributed by atoms with Crippen LogP contribution in [0.15, 0.2) is 11.6 Å². The van der Waals surface area contributed by atoms with Crippen molar-refractivity contribution in [3.05, 3.63) is 11.6 Å². The molecule has 0 unspecified atom stereocenters. The maximum Gasteiger partial charge on any atom is 0.306 e. The second-order valence-corrected chi connectivity index (χ2v) is 9.34. The molecule has 1 saturated heterocycles. The predicted octanol–water partition coefficient (Wildman–Crippen LogP) is 2.30. The van der Waals surface area contributed by atoms with Crippen LogP contribution in [0.25, 0.3) is 0 Å². The zero-order chi connectivity index (χ0) is 20.0. The van der Waals surface area contributed by atoms with E-state index in [4.69, 9.17) is 9.47 Å². The van der Waals surface area contributed by atoms with E-state index in [0.717, 1.165) is 25.7 Å². The van der Waals surface area contributed by atoms with Crippen LogP contribution in [0, 0.1) is 16.7 Å². The fraction of sp³-hybridized carbons (Fsp3) is 0.857. The standard InChI is InChI=1S/C21H34O6/c1-5-6-7-8-16(23)27-14-11-13-12-26-18(24)21(13,25)20(4)15(22)9-10-19(2,3)17(14)20/h11,14-15,17-18,22,24-25H,5-10,12H2,1-4H3/t14-,15-,17+,18+,20-,21+/m0/s1. The molecular formula is C21H34O6. The molecule has 2 fully saturated rings. The van der Waals surface area contributed by atoms with E-state index in [1.807, 2.05) is 0 Å². The smallest absolute Gasteiger partial charge is 0.306 e. The highest BCUT2D eigenvalue weighted by Crippen LogP contribution is 2.63. The summed E-state index contributed by atoms with van der Waals surface area (Å²) >= 11 is 0. The van der Waals surface area contributed by atoms with Crippen LogP contribution in [-0.4, -0.2) is 52.0 Å². The first-order valence-electron chi connectivity index (χ1n) is 10.2. The Hall–Kier alpha value is -0.950. The number of rotatable bonds is 5. The second-order valence-electron chi connectivity index (χ2n) is 9.34. The largest absolute Gasteiger partial charge is 0.458 e. The van der Waals surface area contributed by atoms with Crippen LogP contribution in [0.1, 0.15) is 66.2 Å². The predicted molar refractivity (Wildman–Crippen MR) is 99.6 cm³/mol. The van der Waals surface area contributed by atoms with Crippen LogP contribution in [0.5, 0.6) is 0 Å². The third-order valence-corrected chi connectivity index (χ3v) is 7.25. The summed E-state index contributed by atoms with van der Waals surface area (Å²) < 4.78 is 11.2. The second kappa shape index (κ2) is 7.14. The Morgan fingerprint density at radius 1 is 1.30 bits per heavy atom. The Bertz CT molecular complexity index is 614. The lowest BCUT2D eigenvalue weighted by Crippen LogP contribution is -2.70. The average molecular weight is 382 g/mol. The van der Waals surface area contributed by atoms with E-state index >= 15 is 0 Å². The van der Waals surface area contributed by atoms with Gasteiger partial charge in [-0.3, -0.25) is 4.79 Å². The van der Waals surface area contributed by atoms with Crippen LogP contribution < -0.4 is 0 Å². The van der Waals surface area contributed by atoms with Crippen molar-refractivity contribution in [1.82, 2.24) is 0 Å². The lowest BCUT2D eigenvalue weighted by Gasteiger charge is -2.62. The molecule has 0 aromatic rings. The van der Waals surface area contributed by atoms with Crippen LogP contribution in [0.3, 0.4) is 0 Å². The zero-order valence-electron chi connectivity index (χ0n) is 16.9. The van der Waals surface area contributed by atoms with Crippen molar-refractivity contribution in [2.45, 2.75) is 90.3 Å². The highest BCUT2D eigenvalue weighted by molar-refractivity contribution is 5.70. The van der Waals surface area contributed by atoms with Gasteiger partial charge in [0.25, 0.3) is 0 Å². The Morgan fingerprint density at radius 3 is 2.67 bits per heavy atom. The van der Waals surface area contributed by atoms with Crippen molar-refractivity contribution in [3.63, 3.8) is 0 Å². The number of carbonyl (C=O) groups excluding carboxylic acids is 1. The fourth-order valence-electron chi connectivity index (χ4n) is 5.73. The molecular weight excluding hydrogens is 348 g/mol. The van der Waals surface area contributed by atoms with Crippen molar-refractivity contribution in [1.29, 1.82) is 0 Å². The Balaban J connectivity index is 1.99. The number of unbranched alkanes of at least 4 members (excludes halogenated alkanes) is 2. The highest BCUT2D eigenvalue weighted by atomic mass is 16.6. The maximum absolute atomic E-state index is 12.4. The fourth-order valence-corrected chi connectivity index (χ4v) is 5.73. The SMILES string of the molecule is CCCCCC(=O)O[C@H]1C=C2CO[C@@H](O)[C@@]2(O)[C@]2(C)[C@H]1C(C)(C)CC[C@@H]2O. The van der Waals surface area contributed by atoms with E-state index in [9.17, 15) is 20.1 Å². The summed E-state index contributed by atoms with van der Waals surface area (Å²) in [6.45, 7) is 8.10. The molecule has 6 nitrogen and oxygen atoms in total. The molecule has 0 aromatic carbocycles. The van der Waals surface area contributed by atoms with Crippen LogP contribution in [-0.2, 0) is 14.3 Å². The summed E-state index contributed by atoms with van der Waals surface area (Å²) in [6.07, 6.45) is 3.38. The van der Waals surface area contributed by atoms with E-state index in [-0.39, 0.29) is 23.9 Å². The summed E-state index contributed by atoms with van der Waals surface area (Å²) in [4.78, 5) is 12.4. The molecule has 2 aliphatic carbocycles. The van der Waals surface area contributed by atoms with Crippen molar-refractivity contribution >= 4 is 5.97 Å². The first-order valence-corrected chi connectivity index (χ1v) is 10.2. The molecule has 0 amide bonds. The molecule has 27 heavy (non-hydrogen) atoms. The minimum atomic E-state index is -1.68. The van der Waals surface area contributed by atoms with Crippen molar-refractivity contribution in [2.75, 3.05) is 6.61 Å². The number of fused-ring (bicyclic) bond motifs is 3. The van der Waals surface area contributed by atoms with Gasteiger partial charge in [0.15, 0.2) is 6.29 Å². The van der Waals surface area contributed by atoms with Gasteiger partial charge in [0.2, 0.25) is 0 Å². The van der Waals surface area contributed by atoms with E-state index in [2.05, 4.69) is 20.8 Å². The van der Waals surface area contributed by atoms with E-state index in [1.165, 1.54) is 0 Å². The number of hydrogen-bond acceptors (Lipinski definition) is 6. The summed E-state index contributed by atoms with van der Waals surface area (Å²) in [7, 11) is 0. The number of aliphatic hydroxyl groups excluding tert-OH is 2. The van der Waals surface area contributed by atoms with Gasteiger partial charge in [-0.25, -0.2) is 0 Å². The van der Waals surface area contributed by atoms with Gasteiger partial charge < -0.3 is 24.8 Å². The molecule has 6 heteroatoms. The lowest BCUT2D eigenvalue weighted by molar-refractivity contribution is -0.272. The van der Waals surface area contributed by atoms with Gasteiger partial charge in [-0.1, -0.05) is 40.5 Å². The van der Waals surface area contributed by atoms with Crippen molar-refractivity contribution in [2.24, 2.45) is 16.7 Å². The van der Waals surface area contributed by atoms with Gasteiger partial charge in [0, 0.05) is 17.8 Å². The monoisotopic (exact) mass is 382 g/mol. The normalized spacial score (nSPS) is 42.9. The van der Waals surface area contributed by atoms with Gasteiger partial charge in [-0.2, -0.15) is 0 Å². The Labute approximate surface area is 161 Å². The first-order chi connectivity index (χ1) is 12.6. The number of hydrogen-bond donors (Lipinski definition) is 3. The van der Waals surface area contributed by atoms with Gasteiger partial charge in [-0.15, -0.1) is 0 Å². The lowest BCUT2D eigenvalue weighted by atomic mass is 9.45. The number of aliphatic hydroxyl groups is 3. The van der Waals surface area contributed by atoms with E-state index < -0.39 is 29.5 Å². The van der Waals surface area contributed by atoms with E-state index in [1.54, 1.807) is 13.0 Å². The minimum absolute atomic E-state index is 0.0665. The maximum atomic E-state index is 12.4. The molecule has 1 heterocycles. The zero-order valence-corrected chi connectivity index (χ0v) is 16.9. The van der Waals surface area contributed by atoms with E-state index in [0.29, 0.717) is 18.4 Å². The molecule has 0 bridgehead atoms. The van der Waals surface area contributed by atoms with Crippen LogP contribution >= 0.6 is 0 Å². The average Bonchev–Trinajstić information content (AvgIpc) is 2.88. The molecule has 1 saturated carbocycles. The van der Waals surface area contributed by atoms with Gasteiger partial charge in [0.05, 0.1) is 12.7 Å². The molecule has 0 aromatic heterocycles. The Kier molecular flexibility index (Phi) is 5.49. The van der Waals surface area contributed by atoms with Crippen LogP contribution in [0.4, 0.5) is 0 Å². The van der Waals surface area contributed by atoms with Gasteiger partial charge in [0.1, 0.15) is 11.7 Å². The molecule has 0 spiro atoms. The molecule has 3 aliphatic rings. The molecule has 1 aliphatic heterocycles. The van der Waals surface area contributed by atoms with Crippen molar-refractivity contribution < 1.29 is 29.6 Å². The summed E-state index contributed by atoms with van der Waals surface area (Å²) in [5.41, 5.74) is -2.55. The van der Waals surface area contributed by atoms with Gasteiger partial charge >= 0.3 is 5.97 Å². The van der Waals surface area contributed by atoms with Gasteiger partial charge in [-0.05, 0) is 36.3 Å². The number of esters is 1. The quantitative estimate of drug-likeness (QED) is 0.384. The summed E-state index contributed by atoms with van der Waals surface area (Å²) in [5, 5.41) is 32.9. The molecule has 6 atom stereocenters. The van der Waals surface area contributed by atoms with Crippen molar-refractivity contribution in [3.8, 4) is 0 Å². The number of carbonyl (C=O) groups is 1. The van der Waals surface area contributed by atoms with Crippen LogP contribution in [0.2, 0.25) is 0 Å². The summed E-state index contributed by atoms with van der Waals surface area (Å²) in [6, 6.07) is 0. The Morgan fingerprint density at radius 2 is 2.00 bits per heavy atom. The topological polar surface area (TPSA) is 96.2 Å². The highest BCUT2D eigenvalue weighted by Gasteiger charge is 2.71. The third kappa shape index (κ3) is 3.05.